The Hall–Kier alpha value is -1.54. The lowest BCUT2D eigenvalue weighted by Crippen LogP contribution is -2.03. The molecule has 0 aliphatic rings. The third kappa shape index (κ3) is 2.98. The van der Waals surface area contributed by atoms with E-state index in [1.165, 1.54) is 6.07 Å². The van der Waals surface area contributed by atoms with Crippen LogP contribution in [0.4, 0.5) is 10.1 Å². The van der Waals surface area contributed by atoms with Gasteiger partial charge in [0.2, 0.25) is 0 Å². The Morgan fingerprint density at radius 3 is 2.47 bits per heavy atom. The first-order valence-electron chi connectivity index (χ1n) is 5.40. The number of rotatable bonds is 3. The van der Waals surface area contributed by atoms with Crippen molar-refractivity contribution in [2.24, 2.45) is 0 Å². The predicted molar refractivity (Wildman–Crippen MR) is 69.9 cm³/mol. The zero-order valence-corrected chi connectivity index (χ0v) is 10.3. The molecule has 2 aromatic carbocycles. The van der Waals surface area contributed by atoms with E-state index in [9.17, 15) is 4.39 Å². The van der Waals surface area contributed by atoms with E-state index in [0.717, 1.165) is 11.1 Å². The standard InChI is InChI=1S/C14H13ClFN/c1-10-3-2-4-13(16)14(10)17-9-11-5-7-12(15)8-6-11/h2-8,17H,9H2,1H3. The quantitative estimate of drug-likeness (QED) is 0.850. The van der Waals surface area contributed by atoms with Gasteiger partial charge in [-0.25, -0.2) is 4.39 Å². The van der Waals surface area contributed by atoms with Crippen LogP contribution in [0.2, 0.25) is 5.02 Å². The van der Waals surface area contributed by atoms with Gasteiger partial charge in [0.1, 0.15) is 5.82 Å². The molecule has 1 N–H and O–H groups in total. The van der Waals surface area contributed by atoms with Gasteiger partial charge in [0.05, 0.1) is 5.69 Å². The maximum Gasteiger partial charge on any atom is 0.146 e. The summed E-state index contributed by atoms with van der Waals surface area (Å²) in [6, 6.07) is 12.5. The van der Waals surface area contributed by atoms with Gasteiger partial charge in [-0.3, -0.25) is 0 Å². The zero-order chi connectivity index (χ0) is 12.3. The maximum atomic E-state index is 13.5. The lowest BCUT2D eigenvalue weighted by atomic mass is 10.1. The number of para-hydroxylation sites is 1. The van der Waals surface area contributed by atoms with Gasteiger partial charge >= 0.3 is 0 Å². The molecular formula is C14H13ClFN. The third-order valence-electron chi connectivity index (χ3n) is 2.60. The Balaban J connectivity index is 2.10. The average Bonchev–Trinajstić information content (AvgIpc) is 2.31. The Labute approximate surface area is 105 Å². The SMILES string of the molecule is Cc1cccc(F)c1NCc1ccc(Cl)cc1. The topological polar surface area (TPSA) is 12.0 Å². The summed E-state index contributed by atoms with van der Waals surface area (Å²) in [6.45, 7) is 2.46. The van der Waals surface area contributed by atoms with Gasteiger partial charge in [-0.1, -0.05) is 35.9 Å². The summed E-state index contributed by atoms with van der Waals surface area (Å²) < 4.78 is 13.5. The van der Waals surface area contributed by atoms with Crippen molar-refractivity contribution in [1.82, 2.24) is 0 Å². The minimum atomic E-state index is -0.223. The second-order valence-electron chi connectivity index (χ2n) is 3.91. The summed E-state index contributed by atoms with van der Waals surface area (Å²) >= 11 is 5.80. The summed E-state index contributed by atoms with van der Waals surface area (Å²) in [5.41, 5.74) is 2.53. The number of hydrogen-bond donors (Lipinski definition) is 1. The van der Waals surface area contributed by atoms with Crippen molar-refractivity contribution in [3.8, 4) is 0 Å². The molecule has 1 nitrogen and oxygen atoms in total. The van der Waals surface area contributed by atoms with Crippen molar-refractivity contribution < 1.29 is 4.39 Å². The number of hydrogen-bond acceptors (Lipinski definition) is 1. The highest BCUT2D eigenvalue weighted by Crippen LogP contribution is 2.19. The van der Waals surface area contributed by atoms with Gasteiger partial charge in [0.25, 0.3) is 0 Å². The Morgan fingerprint density at radius 2 is 1.82 bits per heavy atom. The largest absolute Gasteiger partial charge is 0.378 e. The molecule has 0 aliphatic carbocycles. The van der Waals surface area contributed by atoms with Crippen LogP contribution in [0.15, 0.2) is 42.5 Å². The minimum absolute atomic E-state index is 0.223. The molecule has 0 saturated heterocycles. The highest BCUT2D eigenvalue weighted by molar-refractivity contribution is 6.30. The minimum Gasteiger partial charge on any atom is -0.378 e. The molecule has 2 aromatic rings. The van der Waals surface area contributed by atoms with Crippen molar-refractivity contribution in [2.45, 2.75) is 13.5 Å². The van der Waals surface area contributed by atoms with E-state index in [-0.39, 0.29) is 5.82 Å². The number of nitrogens with one attached hydrogen (secondary N) is 1. The van der Waals surface area contributed by atoms with Crippen LogP contribution in [0, 0.1) is 12.7 Å². The maximum absolute atomic E-state index is 13.5. The van der Waals surface area contributed by atoms with Crippen LogP contribution in [0.3, 0.4) is 0 Å². The van der Waals surface area contributed by atoms with Crippen molar-refractivity contribution in [3.05, 3.63) is 64.4 Å². The molecular weight excluding hydrogens is 237 g/mol. The Kier molecular flexibility index (Phi) is 3.64. The van der Waals surface area contributed by atoms with Crippen LogP contribution in [0.1, 0.15) is 11.1 Å². The van der Waals surface area contributed by atoms with Crippen LogP contribution >= 0.6 is 11.6 Å². The monoisotopic (exact) mass is 249 g/mol. The Bertz CT molecular complexity index is 488. The van der Waals surface area contributed by atoms with Crippen molar-refractivity contribution in [1.29, 1.82) is 0 Å². The van der Waals surface area contributed by atoms with Crippen molar-refractivity contribution in [2.75, 3.05) is 5.32 Å². The summed E-state index contributed by atoms with van der Waals surface area (Å²) in [6.07, 6.45) is 0. The first-order valence-corrected chi connectivity index (χ1v) is 5.78. The van der Waals surface area contributed by atoms with E-state index in [0.29, 0.717) is 17.3 Å². The van der Waals surface area contributed by atoms with Crippen LogP contribution in [-0.4, -0.2) is 0 Å². The summed E-state index contributed by atoms with van der Waals surface area (Å²) in [5.74, 6) is -0.223. The molecule has 0 amide bonds. The van der Waals surface area contributed by atoms with Crippen LogP contribution in [0.5, 0.6) is 0 Å². The molecule has 0 heterocycles. The highest BCUT2D eigenvalue weighted by Gasteiger charge is 2.04. The lowest BCUT2D eigenvalue weighted by molar-refractivity contribution is 0.629. The molecule has 2 rings (SSSR count). The van der Waals surface area contributed by atoms with E-state index in [2.05, 4.69) is 5.32 Å². The van der Waals surface area contributed by atoms with Crippen LogP contribution < -0.4 is 5.32 Å². The normalized spacial score (nSPS) is 10.3. The second-order valence-corrected chi connectivity index (χ2v) is 4.35. The first-order chi connectivity index (χ1) is 8.16. The smallest absolute Gasteiger partial charge is 0.146 e. The summed E-state index contributed by atoms with van der Waals surface area (Å²) in [5, 5.41) is 3.80. The lowest BCUT2D eigenvalue weighted by Gasteiger charge is -2.10. The number of halogens is 2. The molecule has 0 spiro atoms. The molecule has 0 bridgehead atoms. The van der Waals surface area contributed by atoms with Crippen molar-refractivity contribution in [3.63, 3.8) is 0 Å². The molecule has 0 fully saturated rings. The second kappa shape index (κ2) is 5.19. The molecule has 88 valence electrons. The van der Waals surface area contributed by atoms with Crippen LogP contribution in [0.25, 0.3) is 0 Å². The summed E-state index contributed by atoms with van der Waals surface area (Å²) in [4.78, 5) is 0. The van der Waals surface area contributed by atoms with Gasteiger partial charge < -0.3 is 5.32 Å². The summed E-state index contributed by atoms with van der Waals surface area (Å²) in [7, 11) is 0. The van der Waals surface area contributed by atoms with Crippen molar-refractivity contribution >= 4 is 17.3 Å². The predicted octanol–water partition coefficient (Wildman–Crippen LogP) is 4.40. The van der Waals surface area contributed by atoms with Gasteiger partial charge in [-0.2, -0.15) is 0 Å². The zero-order valence-electron chi connectivity index (χ0n) is 9.50. The van der Waals surface area contributed by atoms with Crippen LogP contribution in [-0.2, 0) is 6.54 Å². The van der Waals surface area contributed by atoms with Gasteiger partial charge in [-0.05, 0) is 36.2 Å². The molecule has 0 saturated carbocycles. The number of anilines is 1. The van der Waals surface area contributed by atoms with E-state index in [1.807, 2.05) is 37.3 Å². The molecule has 0 radical (unpaired) electrons. The fourth-order valence-corrected chi connectivity index (χ4v) is 1.77. The van der Waals surface area contributed by atoms with E-state index >= 15 is 0 Å². The fourth-order valence-electron chi connectivity index (χ4n) is 1.65. The molecule has 0 unspecified atom stereocenters. The van der Waals surface area contributed by atoms with E-state index in [1.54, 1.807) is 6.07 Å². The molecule has 0 atom stereocenters. The molecule has 0 aliphatic heterocycles. The van der Waals surface area contributed by atoms with Gasteiger partial charge in [0, 0.05) is 11.6 Å². The molecule has 17 heavy (non-hydrogen) atoms. The number of benzene rings is 2. The van der Waals surface area contributed by atoms with E-state index in [4.69, 9.17) is 11.6 Å². The first kappa shape index (κ1) is 11.9. The highest BCUT2D eigenvalue weighted by atomic mass is 35.5. The van der Waals surface area contributed by atoms with E-state index < -0.39 is 0 Å². The molecule has 3 heteroatoms. The Morgan fingerprint density at radius 1 is 1.12 bits per heavy atom. The average molecular weight is 250 g/mol. The number of aryl methyl sites for hydroxylation is 1. The van der Waals surface area contributed by atoms with Gasteiger partial charge in [0.15, 0.2) is 0 Å². The molecule has 0 aromatic heterocycles. The fraction of sp³-hybridized carbons (Fsp3) is 0.143. The van der Waals surface area contributed by atoms with Gasteiger partial charge in [-0.15, -0.1) is 0 Å². The third-order valence-corrected chi connectivity index (χ3v) is 2.86.